The molecule has 1 heteroatoms. The molecule has 0 N–H and O–H groups in total. The summed E-state index contributed by atoms with van der Waals surface area (Å²) in [6.45, 7) is 19.8. The first-order valence-corrected chi connectivity index (χ1v) is 13.1. The molecule has 0 aromatic rings. The Bertz CT molecular complexity index is 873. The van der Waals surface area contributed by atoms with Crippen LogP contribution in [-0.2, 0) is 4.79 Å². The summed E-state index contributed by atoms with van der Waals surface area (Å²) in [6, 6.07) is 0. The van der Waals surface area contributed by atoms with Crippen LogP contribution in [0.3, 0.4) is 0 Å². The summed E-state index contributed by atoms with van der Waals surface area (Å²) in [5.41, 5.74) is 3.33. The monoisotopic (exact) mass is 422 g/mol. The van der Waals surface area contributed by atoms with Crippen molar-refractivity contribution in [2.75, 3.05) is 0 Å². The summed E-state index contributed by atoms with van der Waals surface area (Å²) < 4.78 is 0. The predicted octanol–water partition coefficient (Wildman–Crippen LogP) is 8.15. The molecule has 0 bridgehead atoms. The predicted molar refractivity (Wildman–Crippen MR) is 130 cm³/mol. The largest absolute Gasteiger partial charge is 0.294 e. The normalized spacial score (nSPS) is 52.3. The Kier molecular flexibility index (Phi) is 4.38. The molecule has 172 valence electrons. The van der Waals surface area contributed by atoms with E-state index < -0.39 is 0 Å². The molecule has 3 saturated carbocycles. The van der Waals surface area contributed by atoms with Gasteiger partial charge in [-0.2, -0.15) is 0 Å². The van der Waals surface area contributed by atoms with E-state index in [2.05, 4.69) is 67.5 Å². The van der Waals surface area contributed by atoms with Crippen LogP contribution in [0, 0.1) is 50.2 Å². The van der Waals surface area contributed by atoms with Crippen molar-refractivity contribution in [3.8, 4) is 0 Å². The van der Waals surface area contributed by atoms with Crippen LogP contribution in [0.15, 0.2) is 23.8 Å². The lowest BCUT2D eigenvalue weighted by atomic mass is 9.35. The van der Waals surface area contributed by atoms with E-state index in [1.54, 1.807) is 0 Å². The Labute approximate surface area is 191 Å². The maximum Gasteiger partial charge on any atom is 0.161 e. The van der Waals surface area contributed by atoms with Crippen LogP contribution in [0.5, 0.6) is 0 Å². The molecule has 7 unspecified atom stereocenters. The fraction of sp³-hybridized carbons (Fsp3) is 0.833. The molecule has 0 heterocycles. The maximum atomic E-state index is 12.8. The average Bonchev–Trinajstić information content (AvgIpc) is 2.66. The van der Waals surface area contributed by atoms with Crippen LogP contribution in [0.25, 0.3) is 0 Å². The van der Waals surface area contributed by atoms with Gasteiger partial charge in [-0.05, 0) is 102 Å². The van der Waals surface area contributed by atoms with Crippen molar-refractivity contribution in [2.24, 2.45) is 50.2 Å². The van der Waals surface area contributed by atoms with Crippen LogP contribution >= 0.6 is 0 Å². The van der Waals surface area contributed by atoms with Crippen LogP contribution < -0.4 is 0 Å². The summed E-state index contributed by atoms with van der Waals surface area (Å²) in [5, 5.41) is 0. The van der Waals surface area contributed by atoms with E-state index in [9.17, 15) is 4.79 Å². The molecule has 0 aromatic heterocycles. The third kappa shape index (κ3) is 2.70. The first-order chi connectivity index (χ1) is 14.2. The smallest absolute Gasteiger partial charge is 0.161 e. The van der Waals surface area contributed by atoms with Gasteiger partial charge in [-0.3, -0.25) is 4.79 Å². The minimum atomic E-state index is -0.224. The second-order valence-electron chi connectivity index (χ2n) is 14.7. The van der Waals surface area contributed by atoms with Crippen LogP contribution in [-0.4, -0.2) is 5.78 Å². The number of carbonyl (C=O) groups is 1. The van der Waals surface area contributed by atoms with Crippen LogP contribution in [0.2, 0.25) is 0 Å². The molecule has 7 atom stereocenters. The van der Waals surface area contributed by atoms with Gasteiger partial charge < -0.3 is 0 Å². The first kappa shape index (κ1) is 22.0. The van der Waals surface area contributed by atoms with Gasteiger partial charge >= 0.3 is 0 Å². The van der Waals surface area contributed by atoms with Gasteiger partial charge in [-0.15, -0.1) is 0 Å². The minimum absolute atomic E-state index is 0.138. The summed E-state index contributed by atoms with van der Waals surface area (Å²) in [5.74, 6) is 2.29. The standard InChI is InChI=1S/C30H46O/c1-25(2)17-18-27(5)13-9-21-29(7)14-10-20-26(3,4)24(31)12-16-28(20,6)22(29)11-15-30(21,8)23(27)19-25/h9,12,16,20,22-23H,10-11,13-15,17-19H2,1-8H3. The van der Waals surface area contributed by atoms with Crippen molar-refractivity contribution >= 4 is 5.78 Å². The minimum Gasteiger partial charge on any atom is -0.294 e. The van der Waals surface area contributed by atoms with Crippen molar-refractivity contribution in [3.63, 3.8) is 0 Å². The maximum absolute atomic E-state index is 12.8. The molecule has 5 aliphatic carbocycles. The molecular weight excluding hydrogens is 376 g/mol. The zero-order chi connectivity index (χ0) is 22.7. The quantitative estimate of drug-likeness (QED) is 0.360. The van der Waals surface area contributed by atoms with E-state index in [1.807, 2.05) is 11.6 Å². The third-order valence-electron chi connectivity index (χ3n) is 12.0. The lowest BCUT2D eigenvalue weighted by Gasteiger charge is -2.69. The number of fused-ring (bicyclic) bond motifs is 7. The molecule has 0 aromatic carbocycles. The van der Waals surface area contributed by atoms with Gasteiger partial charge in [0.2, 0.25) is 0 Å². The topological polar surface area (TPSA) is 17.1 Å². The van der Waals surface area contributed by atoms with E-state index in [0.717, 1.165) is 5.92 Å². The molecule has 31 heavy (non-hydrogen) atoms. The average molecular weight is 423 g/mol. The van der Waals surface area contributed by atoms with Gasteiger partial charge in [0.25, 0.3) is 0 Å². The van der Waals surface area contributed by atoms with E-state index in [4.69, 9.17) is 0 Å². The van der Waals surface area contributed by atoms with Crippen LogP contribution in [0.1, 0.15) is 107 Å². The van der Waals surface area contributed by atoms with E-state index in [-0.39, 0.29) is 16.2 Å². The molecule has 0 amide bonds. The second kappa shape index (κ2) is 6.18. The number of ketones is 1. The van der Waals surface area contributed by atoms with Gasteiger partial charge in [-0.25, -0.2) is 0 Å². The lowest BCUT2D eigenvalue weighted by Crippen LogP contribution is -2.61. The highest BCUT2D eigenvalue weighted by molar-refractivity contribution is 5.95. The molecule has 0 spiro atoms. The molecular formula is C30H46O. The summed E-state index contributed by atoms with van der Waals surface area (Å²) in [7, 11) is 0. The first-order valence-electron chi connectivity index (χ1n) is 13.1. The fourth-order valence-electron chi connectivity index (χ4n) is 10.2. The highest BCUT2D eigenvalue weighted by atomic mass is 16.1. The molecule has 1 nitrogen and oxygen atoms in total. The number of hydrogen-bond donors (Lipinski definition) is 0. The Hall–Kier alpha value is -0.850. The summed E-state index contributed by atoms with van der Waals surface area (Å²) in [4.78, 5) is 12.8. The van der Waals surface area contributed by atoms with Crippen molar-refractivity contribution in [1.29, 1.82) is 0 Å². The highest BCUT2D eigenvalue weighted by Crippen LogP contribution is 2.74. The van der Waals surface area contributed by atoms with E-state index in [0.29, 0.717) is 33.9 Å². The Morgan fingerprint density at radius 1 is 0.774 bits per heavy atom. The van der Waals surface area contributed by atoms with Crippen molar-refractivity contribution < 1.29 is 4.79 Å². The van der Waals surface area contributed by atoms with E-state index >= 15 is 0 Å². The second-order valence-corrected chi connectivity index (χ2v) is 14.7. The number of rotatable bonds is 0. The van der Waals surface area contributed by atoms with Gasteiger partial charge in [-0.1, -0.05) is 73.1 Å². The Morgan fingerprint density at radius 3 is 2.06 bits per heavy atom. The summed E-state index contributed by atoms with van der Waals surface area (Å²) >= 11 is 0. The number of carbonyl (C=O) groups excluding carboxylic acids is 1. The molecule has 5 aliphatic rings. The number of hydrogen-bond acceptors (Lipinski definition) is 1. The third-order valence-corrected chi connectivity index (χ3v) is 12.0. The SMILES string of the molecule is CC1(C)CCC2(C)CC=C3C(C)(CCC4C3(C)CCC3C(C)(C)C(=O)C=CC34C)C2C1. The van der Waals surface area contributed by atoms with Crippen molar-refractivity contribution in [1.82, 2.24) is 0 Å². The molecule has 5 rings (SSSR count). The summed E-state index contributed by atoms with van der Waals surface area (Å²) in [6.07, 6.45) is 17.6. The van der Waals surface area contributed by atoms with Gasteiger partial charge in [0.05, 0.1) is 0 Å². The zero-order valence-electron chi connectivity index (χ0n) is 21.5. The fourth-order valence-corrected chi connectivity index (χ4v) is 10.2. The zero-order valence-corrected chi connectivity index (χ0v) is 21.5. The molecule has 3 fully saturated rings. The molecule has 0 radical (unpaired) electrons. The van der Waals surface area contributed by atoms with Crippen LogP contribution in [0.4, 0.5) is 0 Å². The van der Waals surface area contributed by atoms with Crippen molar-refractivity contribution in [2.45, 2.75) is 107 Å². The highest BCUT2D eigenvalue weighted by Gasteiger charge is 2.66. The molecule has 0 saturated heterocycles. The lowest BCUT2D eigenvalue weighted by molar-refractivity contribution is -0.145. The van der Waals surface area contributed by atoms with E-state index in [1.165, 1.54) is 51.4 Å². The molecule has 0 aliphatic heterocycles. The van der Waals surface area contributed by atoms with Gasteiger partial charge in [0, 0.05) is 5.41 Å². The van der Waals surface area contributed by atoms with Crippen molar-refractivity contribution in [3.05, 3.63) is 23.8 Å². The Balaban J connectivity index is 1.59. The number of allylic oxidation sites excluding steroid dienone is 4. The van der Waals surface area contributed by atoms with Gasteiger partial charge in [0.15, 0.2) is 5.78 Å². The Morgan fingerprint density at radius 2 is 1.39 bits per heavy atom. The van der Waals surface area contributed by atoms with Gasteiger partial charge in [0.1, 0.15) is 0 Å².